The first-order chi connectivity index (χ1) is 15.5. The number of hydrogen-bond donors (Lipinski definition) is 1. The van der Waals surface area contributed by atoms with E-state index in [1.54, 1.807) is 38.1 Å². The summed E-state index contributed by atoms with van der Waals surface area (Å²) in [7, 11) is 0. The van der Waals surface area contributed by atoms with Crippen LogP contribution in [0.25, 0.3) is 5.69 Å². The van der Waals surface area contributed by atoms with E-state index < -0.39 is 10.5 Å². The summed E-state index contributed by atoms with van der Waals surface area (Å²) in [6.45, 7) is 4.12. The van der Waals surface area contributed by atoms with Crippen LogP contribution in [0.5, 0.6) is 11.5 Å². The van der Waals surface area contributed by atoms with Gasteiger partial charge in [-0.15, -0.1) is 0 Å². The summed E-state index contributed by atoms with van der Waals surface area (Å²) in [6.07, 6.45) is 2.69. The molecule has 0 aliphatic rings. The van der Waals surface area contributed by atoms with Crippen molar-refractivity contribution in [2.45, 2.75) is 13.8 Å². The molecule has 166 valence electrons. The van der Waals surface area contributed by atoms with Crippen molar-refractivity contribution in [2.24, 2.45) is 5.10 Å². The van der Waals surface area contributed by atoms with E-state index in [4.69, 9.17) is 21.1 Å². The number of hydrazone groups is 1. The summed E-state index contributed by atoms with van der Waals surface area (Å²) < 4.78 is 12.1. The standard InChI is InChI=1S/C21H20ClN5O5/c1-3-31-18-11-19(32-4-2)17(27(29)30)10-14(18)12-23-25-16-13-24-26(21(28)20(16)22)15-8-6-5-7-9-15/h5-13,25H,3-4H2,1-2H3/b23-12-. The Balaban J connectivity index is 1.90. The third-order valence-corrected chi connectivity index (χ3v) is 4.56. The second-order valence-electron chi connectivity index (χ2n) is 6.28. The molecule has 32 heavy (non-hydrogen) atoms. The van der Waals surface area contributed by atoms with Crippen molar-refractivity contribution in [1.82, 2.24) is 9.78 Å². The fraction of sp³-hybridized carbons (Fsp3) is 0.190. The first-order valence-electron chi connectivity index (χ1n) is 9.66. The Morgan fingerprint density at radius 3 is 2.53 bits per heavy atom. The molecule has 0 amide bonds. The van der Waals surface area contributed by atoms with Gasteiger partial charge in [0, 0.05) is 17.7 Å². The number of rotatable bonds is 9. The number of anilines is 1. The zero-order valence-corrected chi connectivity index (χ0v) is 18.1. The average molecular weight is 458 g/mol. The third kappa shape index (κ3) is 5.03. The molecule has 3 aromatic rings. The number of hydrogen-bond acceptors (Lipinski definition) is 8. The zero-order chi connectivity index (χ0) is 23.1. The van der Waals surface area contributed by atoms with Crippen LogP contribution in [0.2, 0.25) is 5.02 Å². The predicted octanol–water partition coefficient (Wildman–Crippen LogP) is 4.04. The highest BCUT2D eigenvalue weighted by atomic mass is 35.5. The number of nitro groups is 1. The molecule has 0 saturated heterocycles. The molecule has 11 heteroatoms. The van der Waals surface area contributed by atoms with Gasteiger partial charge in [-0.2, -0.15) is 14.9 Å². The van der Waals surface area contributed by atoms with Gasteiger partial charge in [0.1, 0.15) is 16.5 Å². The van der Waals surface area contributed by atoms with Gasteiger partial charge < -0.3 is 9.47 Å². The minimum Gasteiger partial charge on any atom is -0.493 e. The molecular formula is C21H20ClN5O5. The topological polar surface area (TPSA) is 121 Å². The maximum atomic E-state index is 12.5. The van der Waals surface area contributed by atoms with Gasteiger partial charge in [0.25, 0.3) is 5.56 Å². The molecule has 1 aromatic heterocycles. The van der Waals surface area contributed by atoms with Crippen LogP contribution in [-0.2, 0) is 0 Å². The van der Waals surface area contributed by atoms with E-state index in [9.17, 15) is 14.9 Å². The fourth-order valence-electron chi connectivity index (χ4n) is 2.80. The summed E-state index contributed by atoms with van der Waals surface area (Å²) in [4.78, 5) is 23.4. The zero-order valence-electron chi connectivity index (χ0n) is 17.3. The summed E-state index contributed by atoms with van der Waals surface area (Å²) in [5.41, 5.74) is 2.99. The highest BCUT2D eigenvalue weighted by molar-refractivity contribution is 6.32. The van der Waals surface area contributed by atoms with Crippen molar-refractivity contribution in [3.8, 4) is 17.2 Å². The van der Waals surface area contributed by atoms with Crippen molar-refractivity contribution in [3.63, 3.8) is 0 Å². The Labute approximate surface area is 188 Å². The normalized spacial score (nSPS) is 10.8. The second-order valence-corrected chi connectivity index (χ2v) is 6.65. The Bertz CT molecular complexity index is 1200. The minimum atomic E-state index is -0.546. The van der Waals surface area contributed by atoms with Crippen LogP contribution in [0.1, 0.15) is 19.4 Å². The lowest BCUT2D eigenvalue weighted by Gasteiger charge is -2.11. The molecule has 0 atom stereocenters. The van der Waals surface area contributed by atoms with E-state index in [1.807, 2.05) is 6.07 Å². The van der Waals surface area contributed by atoms with Crippen LogP contribution in [-0.4, -0.2) is 34.1 Å². The lowest BCUT2D eigenvalue weighted by molar-refractivity contribution is -0.385. The number of ether oxygens (including phenoxy) is 2. The molecule has 0 aliphatic carbocycles. The molecule has 0 saturated carbocycles. The van der Waals surface area contributed by atoms with E-state index >= 15 is 0 Å². The SMILES string of the molecule is CCOc1cc(OCC)c([N+](=O)[O-])cc1/C=N\Nc1cnn(-c2ccccc2)c(=O)c1Cl. The first-order valence-corrected chi connectivity index (χ1v) is 10.0. The summed E-state index contributed by atoms with van der Waals surface area (Å²) in [5.74, 6) is 0.457. The number of nitrogens with zero attached hydrogens (tertiary/aromatic N) is 4. The maximum absolute atomic E-state index is 12.5. The predicted molar refractivity (Wildman–Crippen MR) is 121 cm³/mol. The first kappa shape index (κ1) is 22.8. The summed E-state index contributed by atoms with van der Waals surface area (Å²) in [5, 5.41) is 19.4. The van der Waals surface area contributed by atoms with E-state index in [-0.39, 0.29) is 28.8 Å². The van der Waals surface area contributed by atoms with Gasteiger partial charge in [0.15, 0.2) is 0 Å². The number of para-hydroxylation sites is 1. The smallest absolute Gasteiger partial charge is 0.311 e. The van der Waals surface area contributed by atoms with E-state index in [0.717, 1.165) is 0 Å². The van der Waals surface area contributed by atoms with Crippen LogP contribution >= 0.6 is 11.6 Å². The molecule has 3 rings (SSSR count). The Kier molecular flexibility index (Phi) is 7.40. The summed E-state index contributed by atoms with van der Waals surface area (Å²) in [6, 6.07) is 11.6. The number of nitro benzene ring substituents is 1. The number of benzene rings is 2. The van der Waals surface area contributed by atoms with Crippen molar-refractivity contribution in [2.75, 3.05) is 18.6 Å². The summed E-state index contributed by atoms with van der Waals surface area (Å²) >= 11 is 6.19. The van der Waals surface area contributed by atoms with Crippen molar-refractivity contribution >= 4 is 29.2 Å². The van der Waals surface area contributed by atoms with Gasteiger partial charge in [-0.05, 0) is 26.0 Å². The lowest BCUT2D eigenvalue weighted by atomic mass is 10.1. The molecule has 0 unspecified atom stereocenters. The quantitative estimate of drug-likeness (QED) is 0.292. The van der Waals surface area contributed by atoms with Gasteiger partial charge in [-0.1, -0.05) is 29.8 Å². The van der Waals surface area contributed by atoms with Crippen LogP contribution in [0.15, 0.2) is 58.6 Å². The second kappa shape index (κ2) is 10.4. The molecule has 0 bridgehead atoms. The Hall–Kier alpha value is -3.92. The maximum Gasteiger partial charge on any atom is 0.311 e. The molecular weight excluding hydrogens is 438 g/mol. The highest BCUT2D eigenvalue weighted by Gasteiger charge is 2.19. The monoisotopic (exact) mass is 457 g/mol. The molecule has 0 aliphatic heterocycles. The number of halogens is 1. The van der Waals surface area contributed by atoms with E-state index in [2.05, 4.69) is 15.6 Å². The molecule has 2 aromatic carbocycles. The fourth-order valence-corrected chi connectivity index (χ4v) is 2.97. The van der Waals surface area contributed by atoms with Crippen LogP contribution in [0.3, 0.4) is 0 Å². The third-order valence-electron chi connectivity index (χ3n) is 4.20. The minimum absolute atomic E-state index is 0.0998. The van der Waals surface area contributed by atoms with Gasteiger partial charge in [-0.3, -0.25) is 20.3 Å². The molecule has 0 fully saturated rings. The van der Waals surface area contributed by atoms with Crippen LogP contribution in [0, 0.1) is 10.1 Å². The van der Waals surface area contributed by atoms with E-state index in [0.29, 0.717) is 23.6 Å². The van der Waals surface area contributed by atoms with Gasteiger partial charge in [-0.25, -0.2) is 0 Å². The Morgan fingerprint density at radius 2 is 1.88 bits per heavy atom. The van der Waals surface area contributed by atoms with Gasteiger partial charge >= 0.3 is 5.69 Å². The largest absolute Gasteiger partial charge is 0.493 e. The lowest BCUT2D eigenvalue weighted by Crippen LogP contribution is -2.22. The van der Waals surface area contributed by atoms with Crippen molar-refractivity contribution < 1.29 is 14.4 Å². The molecule has 0 radical (unpaired) electrons. The number of nitrogens with one attached hydrogen (secondary N) is 1. The molecule has 10 nitrogen and oxygen atoms in total. The van der Waals surface area contributed by atoms with Gasteiger partial charge in [0.05, 0.1) is 36.2 Å². The van der Waals surface area contributed by atoms with E-state index in [1.165, 1.54) is 29.2 Å². The molecule has 0 spiro atoms. The Morgan fingerprint density at radius 1 is 1.19 bits per heavy atom. The van der Waals surface area contributed by atoms with Crippen molar-refractivity contribution in [3.05, 3.63) is 79.7 Å². The molecule has 1 N–H and O–H groups in total. The molecule has 1 heterocycles. The van der Waals surface area contributed by atoms with Crippen LogP contribution in [0.4, 0.5) is 11.4 Å². The van der Waals surface area contributed by atoms with Crippen LogP contribution < -0.4 is 20.5 Å². The number of aromatic nitrogens is 2. The highest BCUT2D eigenvalue weighted by Crippen LogP contribution is 2.34. The van der Waals surface area contributed by atoms with Crippen molar-refractivity contribution in [1.29, 1.82) is 0 Å². The average Bonchev–Trinajstić information content (AvgIpc) is 2.78. The van der Waals surface area contributed by atoms with Gasteiger partial charge in [0.2, 0.25) is 5.75 Å².